The summed E-state index contributed by atoms with van der Waals surface area (Å²) in [6.07, 6.45) is 2.54. The molecule has 0 radical (unpaired) electrons. The van der Waals surface area contributed by atoms with Crippen LogP contribution in [-0.2, 0) is 13.0 Å². The summed E-state index contributed by atoms with van der Waals surface area (Å²) >= 11 is 0. The molecule has 0 aliphatic heterocycles. The molecule has 1 unspecified atom stereocenters. The van der Waals surface area contributed by atoms with Crippen LogP contribution in [0.1, 0.15) is 22.7 Å². The molecule has 0 aliphatic carbocycles. The van der Waals surface area contributed by atoms with Gasteiger partial charge in [0.15, 0.2) is 5.96 Å². The van der Waals surface area contributed by atoms with Crippen LogP contribution in [-0.4, -0.2) is 24.7 Å². The lowest BCUT2D eigenvalue weighted by atomic mass is 9.92. The topological polar surface area (TPSA) is 62.5 Å². The number of benzene rings is 2. The molecule has 0 fully saturated rings. The Morgan fingerprint density at radius 3 is 2.33 bits per heavy atom. The van der Waals surface area contributed by atoms with Crippen LogP contribution in [0.5, 0.6) is 0 Å². The first kappa shape index (κ1) is 21.0. The third-order valence-electron chi connectivity index (χ3n) is 4.26. The Labute approximate surface area is 177 Å². The van der Waals surface area contributed by atoms with E-state index in [2.05, 4.69) is 81.4 Å². The Morgan fingerprint density at radius 2 is 1.70 bits per heavy atom. The molecule has 6 heteroatoms. The normalized spacial score (nSPS) is 12.1. The van der Waals surface area contributed by atoms with Gasteiger partial charge in [0.2, 0.25) is 0 Å². The molecule has 2 N–H and O–H groups in total. The summed E-state index contributed by atoms with van der Waals surface area (Å²) in [6, 6.07) is 23.0. The van der Waals surface area contributed by atoms with Crippen LogP contribution in [0.25, 0.3) is 0 Å². The number of aliphatic imine (C=N–C) groups is 1. The summed E-state index contributed by atoms with van der Waals surface area (Å²) in [5.74, 6) is 1.10. The van der Waals surface area contributed by atoms with Crippen molar-refractivity contribution < 1.29 is 4.52 Å². The maximum Gasteiger partial charge on any atom is 0.191 e. The van der Waals surface area contributed by atoms with Crippen molar-refractivity contribution in [1.82, 2.24) is 15.8 Å². The third-order valence-corrected chi connectivity index (χ3v) is 4.26. The molecule has 0 saturated carbocycles. The Balaban J connectivity index is 0.00000261. The summed E-state index contributed by atoms with van der Waals surface area (Å²) in [5.41, 5.74) is 3.49. The average Bonchev–Trinajstić information content (AvgIpc) is 3.22. The highest BCUT2D eigenvalue weighted by atomic mass is 127. The standard InChI is InChI=1S/C21H24N4O.HI/c1-22-21(24-16-20-12-13-26-25-20)23-15-19(18-10-6-3-7-11-18)14-17-8-4-2-5-9-17;/h2-13,19H,14-16H2,1H3,(H2,22,23,24);1H. The van der Waals surface area contributed by atoms with E-state index in [0.29, 0.717) is 12.5 Å². The van der Waals surface area contributed by atoms with Crippen molar-refractivity contribution in [2.45, 2.75) is 18.9 Å². The van der Waals surface area contributed by atoms with Crippen LogP contribution in [0, 0.1) is 0 Å². The van der Waals surface area contributed by atoms with E-state index >= 15 is 0 Å². The van der Waals surface area contributed by atoms with Gasteiger partial charge in [0.1, 0.15) is 12.0 Å². The summed E-state index contributed by atoms with van der Waals surface area (Å²) < 4.78 is 4.85. The smallest absolute Gasteiger partial charge is 0.191 e. The lowest BCUT2D eigenvalue weighted by Gasteiger charge is -2.20. The van der Waals surface area contributed by atoms with E-state index in [1.807, 2.05) is 6.07 Å². The summed E-state index contributed by atoms with van der Waals surface area (Å²) in [6.45, 7) is 1.36. The molecular weight excluding hydrogens is 451 g/mol. The van der Waals surface area contributed by atoms with E-state index in [1.54, 1.807) is 13.3 Å². The predicted octanol–water partition coefficient (Wildman–Crippen LogP) is 3.98. The number of aromatic nitrogens is 1. The van der Waals surface area contributed by atoms with Gasteiger partial charge in [-0.1, -0.05) is 65.8 Å². The van der Waals surface area contributed by atoms with Crippen LogP contribution in [0.2, 0.25) is 0 Å². The molecule has 3 aromatic rings. The van der Waals surface area contributed by atoms with Gasteiger partial charge in [0, 0.05) is 25.6 Å². The molecule has 0 saturated heterocycles. The molecule has 3 rings (SSSR count). The lowest BCUT2D eigenvalue weighted by molar-refractivity contribution is 0.410. The predicted molar refractivity (Wildman–Crippen MR) is 119 cm³/mol. The van der Waals surface area contributed by atoms with Gasteiger partial charge in [-0.2, -0.15) is 0 Å². The van der Waals surface area contributed by atoms with Crippen LogP contribution in [0.3, 0.4) is 0 Å². The van der Waals surface area contributed by atoms with Crippen molar-refractivity contribution in [3.8, 4) is 0 Å². The van der Waals surface area contributed by atoms with E-state index in [9.17, 15) is 0 Å². The number of halogens is 1. The molecule has 0 spiro atoms. The number of nitrogens with one attached hydrogen (secondary N) is 2. The zero-order valence-corrected chi connectivity index (χ0v) is 17.7. The number of hydrogen-bond donors (Lipinski definition) is 2. The zero-order valence-electron chi connectivity index (χ0n) is 15.3. The van der Waals surface area contributed by atoms with Crippen molar-refractivity contribution in [2.75, 3.05) is 13.6 Å². The van der Waals surface area contributed by atoms with Crippen molar-refractivity contribution in [2.24, 2.45) is 4.99 Å². The number of nitrogens with zero attached hydrogens (tertiary/aromatic N) is 2. The van der Waals surface area contributed by atoms with Crippen molar-refractivity contribution in [1.29, 1.82) is 0 Å². The highest BCUT2D eigenvalue weighted by Crippen LogP contribution is 2.20. The fraction of sp³-hybridized carbons (Fsp3) is 0.238. The molecule has 0 bridgehead atoms. The third kappa shape index (κ3) is 6.71. The number of rotatable bonds is 7. The minimum absolute atomic E-state index is 0. The van der Waals surface area contributed by atoms with Gasteiger partial charge in [-0.05, 0) is 17.5 Å². The van der Waals surface area contributed by atoms with Gasteiger partial charge in [-0.15, -0.1) is 24.0 Å². The van der Waals surface area contributed by atoms with Gasteiger partial charge < -0.3 is 15.2 Å². The monoisotopic (exact) mass is 476 g/mol. The van der Waals surface area contributed by atoms with Gasteiger partial charge in [0.05, 0.1) is 6.54 Å². The van der Waals surface area contributed by atoms with E-state index in [-0.39, 0.29) is 24.0 Å². The highest BCUT2D eigenvalue weighted by Gasteiger charge is 2.13. The maximum absolute atomic E-state index is 4.85. The molecule has 27 heavy (non-hydrogen) atoms. The molecule has 1 heterocycles. The first-order chi connectivity index (χ1) is 12.8. The first-order valence-electron chi connectivity index (χ1n) is 8.78. The van der Waals surface area contributed by atoms with E-state index < -0.39 is 0 Å². The minimum Gasteiger partial charge on any atom is -0.364 e. The highest BCUT2D eigenvalue weighted by molar-refractivity contribution is 14.0. The average molecular weight is 476 g/mol. The second kappa shape index (κ2) is 11.4. The van der Waals surface area contributed by atoms with Crippen molar-refractivity contribution in [3.63, 3.8) is 0 Å². The molecule has 5 nitrogen and oxygen atoms in total. The van der Waals surface area contributed by atoms with Crippen LogP contribution in [0.15, 0.2) is 82.5 Å². The Bertz CT molecular complexity index is 792. The lowest BCUT2D eigenvalue weighted by Crippen LogP contribution is -2.39. The second-order valence-electron chi connectivity index (χ2n) is 6.09. The van der Waals surface area contributed by atoms with Crippen molar-refractivity contribution in [3.05, 3.63) is 89.8 Å². The molecule has 0 aliphatic rings. The van der Waals surface area contributed by atoms with Crippen molar-refractivity contribution >= 4 is 29.9 Å². The van der Waals surface area contributed by atoms with E-state index in [4.69, 9.17) is 4.52 Å². The minimum atomic E-state index is 0. The molecule has 1 aromatic heterocycles. The summed E-state index contributed by atoms with van der Waals surface area (Å²) in [7, 11) is 1.77. The molecule has 0 amide bonds. The number of hydrogen-bond acceptors (Lipinski definition) is 3. The SMILES string of the molecule is CN=C(NCc1ccon1)NCC(Cc1ccccc1)c1ccccc1.I. The maximum atomic E-state index is 4.85. The Morgan fingerprint density at radius 1 is 1.00 bits per heavy atom. The van der Waals surface area contributed by atoms with Gasteiger partial charge in [0.25, 0.3) is 0 Å². The fourth-order valence-electron chi connectivity index (χ4n) is 2.88. The van der Waals surface area contributed by atoms with Gasteiger partial charge in [-0.25, -0.2) is 0 Å². The van der Waals surface area contributed by atoms with Crippen LogP contribution < -0.4 is 10.6 Å². The Hall–Kier alpha value is -2.35. The fourth-order valence-corrected chi connectivity index (χ4v) is 2.88. The largest absolute Gasteiger partial charge is 0.364 e. The second-order valence-corrected chi connectivity index (χ2v) is 6.09. The zero-order chi connectivity index (χ0) is 18.0. The molecule has 1 atom stereocenters. The summed E-state index contributed by atoms with van der Waals surface area (Å²) in [4.78, 5) is 4.30. The number of guanidine groups is 1. The quantitative estimate of drug-likeness (QED) is 0.308. The first-order valence-corrected chi connectivity index (χ1v) is 8.78. The molecular formula is C21H25IN4O. The van der Waals surface area contributed by atoms with E-state index in [1.165, 1.54) is 11.1 Å². The van der Waals surface area contributed by atoms with Gasteiger partial charge in [-0.3, -0.25) is 4.99 Å². The van der Waals surface area contributed by atoms with Gasteiger partial charge >= 0.3 is 0 Å². The molecule has 2 aromatic carbocycles. The Kier molecular flexibility index (Phi) is 8.83. The summed E-state index contributed by atoms with van der Waals surface area (Å²) in [5, 5.41) is 10.6. The molecule has 142 valence electrons. The van der Waals surface area contributed by atoms with Crippen LogP contribution >= 0.6 is 24.0 Å². The van der Waals surface area contributed by atoms with Crippen LogP contribution in [0.4, 0.5) is 0 Å². The van der Waals surface area contributed by atoms with E-state index in [0.717, 1.165) is 24.6 Å².